The maximum atomic E-state index is 13.2. The zero-order valence-electron chi connectivity index (χ0n) is 9.08. The van der Waals surface area contributed by atoms with E-state index in [0.29, 0.717) is 17.4 Å². The summed E-state index contributed by atoms with van der Waals surface area (Å²) in [5.74, 6) is 0.900. The van der Waals surface area contributed by atoms with Crippen molar-refractivity contribution in [2.45, 2.75) is 0 Å². The molecule has 0 amide bonds. The summed E-state index contributed by atoms with van der Waals surface area (Å²) < 4.78 is 18.6. The van der Waals surface area contributed by atoms with E-state index in [1.54, 1.807) is 31.3 Å². The van der Waals surface area contributed by atoms with E-state index in [1.807, 2.05) is 0 Å². The predicted octanol–water partition coefficient (Wildman–Crippen LogP) is 3.71. The van der Waals surface area contributed by atoms with E-state index < -0.39 is 5.82 Å². The molecule has 0 bridgehead atoms. The van der Waals surface area contributed by atoms with Crippen LogP contribution < -0.4 is 10.1 Å². The largest absolute Gasteiger partial charge is 0.439 e. The molecule has 1 aromatic carbocycles. The molecule has 3 nitrogen and oxygen atoms in total. The molecule has 0 radical (unpaired) electrons. The van der Waals surface area contributed by atoms with Crippen molar-refractivity contribution in [3.63, 3.8) is 0 Å². The van der Waals surface area contributed by atoms with Crippen molar-refractivity contribution in [3.8, 4) is 11.6 Å². The number of ether oxygens (including phenoxy) is 1. The Labute approximate surface area is 103 Å². The van der Waals surface area contributed by atoms with E-state index in [0.717, 1.165) is 0 Å². The van der Waals surface area contributed by atoms with Crippen molar-refractivity contribution in [2.75, 3.05) is 12.4 Å². The highest BCUT2D eigenvalue weighted by Crippen LogP contribution is 2.24. The van der Waals surface area contributed by atoms with Gasteiger partial charge in [-0.25, -0.2) is 4.39 Å². The Balaban J connectivity index is 2.22. The molecule has 88 valence electrons. The van der Waals surface area contributed by atoms with Crippen molar-refractivity contribution in [1.29, 1.82) is 0 Å². The van der Waals surface area contributed by atoms with Crippen LogP contribution in [0.5, 0.6) is 11.6 Å². The molecule has 1 heterocycles. The first-order valence-corrected chi connectivity index (χ1v) is 5.34. The Morgan fingerprint density at radius 1 is 1.29 bits per heavy atom. The molecule has 17 heavy (non-hydrogen) atoms. The number of hydrogen-bond acceptors (Lipinski definition) is 3. The highest BCUT2D eigenvalue weighted by atomic mass is 35.5. The molecule has 0 aliphatic heterocycles. The summed E-state index contributed by atoms with van der Waals surface area (Å²) in [5.41, 5.74) is 0. The third kappa shape index (κ3) is 2.85. The molecule has 1 aromatic heterocycles. The molecule has 2 aromatic rings. The van der Waals surface area contributed by atoms with Gasteiger partial charge in [-0.3, -0.25) is 0 Å². The fourth-order valence-corrected chi connectivity index (χ4v) is 1.39. The lowest BCUT2D eigenvalue weighted by Crippen LogP contribution is -1.94. The standard InChI is InChI=1S/C12H10ClFN2O/c1-15-11-3-2-4-12(16-11)17-8-5-6-9(13)10(14)7-8/h2-7H,1H3,(H,15,16). The first-order chi connectivity index (χ1) is 8.19. The van der Waals surface area contributed by atoms with Crippen LogP contribution >= 0.6 is 11.6 Å². The van der Waals surface area contributed by atoms with Crippen LogP contribution in [0, 0.1) is 5.82 Å². The third-order valence-electron chi connectivity index (χ3n) is 2.09. The lowest BCUT2D eigenvalue weighted by molar-refractivity contribution is 0.459. The summed E-state index contributed by atoms with van der Waals surface area (Å²) in [6, 6.07) is 9.52. The van der Waals surface area contributed by atoms with Gasteiger partial charge in [-0.2, -0.15) is 4.98 Å². The molecule has 0 aliphatic carbocycles. The van der Waals surface area contributed by atoms with Gasteiger partial charge in [0.1, 0.15) is 17.4 Å². The molecule has 0 fully saturated rings. The average Bonchev–Trinajstić information content (AvgIpc) is 2.34. The van der Waals surface area contributed by atoms with Gasteiger partial charge in [0.25, 0.3) is 0 Å². The number of nitrogens with zero attached hydrogens (tertiary/aromatic N) is 1. The maximum Gasteiger partial charge on any atom is 0.221 e. The van der Waals surface area contributed by atoms with Crippen molar-refractivity contribution in [3.05, 3.63) is 47.2 Å². The minimum absolute atomic E-state index is 0.0642. The second-order valence-corrected chi connectivity index (χ2v) is 3.70. The van der Waals surface area contributed by atoms with E-state index >= 15 is 0 Å². The number of aromatic nitrogens is 1. The Morgan fingerprint density at radius 2 is 2.12 bits per heavy atom. The molecule has 5 heteroatoms. The van der Waals surface area contributed by atoms with Crippen LogP contribution in [0.1, 0.15) is 0 Å². The summed E-state index contributed by atoms with van der Waals surface area (Å²) >= 11 is 5.58. The van der Waals surface area contributed by atoms with Crippen molar-refractivity contribution in [2.24, 2.45) is 0 Å². The van der Waals surface area contributed by atoms with Crippen molar-refractivity contribution >= 4 is 17.4 Å². The van der Waals surface area contributed by atoms with Gasteiger partial charge in [-0.1, -0.05) is 17.7 Å². The molecule has 1 N–H and O–H groups in total. The number of hydrogen-bond donors (Lipinski definition) is 1. The van der Waals surface area contributed by atoms with Crippen LogP contribution in [0.4, 0.5) is 10.2 Å². The quantitative estimate of drug-likeness (QED) is 0.904. The molecule has 0 spiro atoms. The number of anilines is 1. The summed E-state index contributed by atoms with van der Waals surface area (Å²) in [4.78, 5) is 4.15. The van der Waals surface area contributed by atoms with Crippen molar-refractivity contribution < 1.29 is 9.13 Å². The zero-order valence-corrected chi connectivity index (χ0v) is 9.83. The van der Waals surface area contributed by atoms with Gasteiger partial charge in [0.05, 0.1) is 5.02 Å². The van der Waals surface area contributed by atoms with E-state index in [2.05, 4.69) is 10.3 Å². The highest BCUT2D eigenvalue weighted by Gasteiger charge is 2.04. The fourth-order valence-electron chi connectivity index (χ4n) is 1.27. The molecule has 0 aliphatic rings. The van der Waals surface area contributed by atoms with Crippen LogP contribution in [0.3, 0.4) is 0 Å². The summed E-state index contributed by atoms with van der Waals surface area (Å²) in [6.45, 7) is 0. The van der Waals surface area contributed by atoms with Gasteiger partial charge in [0.2, 0.25) is 5.88 Å². The number of nitrogens with one attached hydrogen (secondary N) is 1. The topological polar surface area (TPSA) is 34.1 Å². The van der Waals surface area contributed by atoms with Gasteiger partial charge >= 0.3 is 0 Å². The second kappa shape index (κ2) is 5.01. The molecule has 0 saturated heterocycles. The Hall–Kier alpha value is -1.81. The molecule has 0 atom stereocenters. The van der Waals surface area contributed by atoms with E-state index in [9.17, 15) is 4.39 Å². The SMILES string of the molecule is CNc1cccc(Oc2ccc(Cl)c(F)c2)n1. The normalized spacial score (nSPS) is 10.1. The van der Waals surface area contributed by atoms with Crippen LogP contribution in [-0.2, 0) is 0 Å². The fraction of sp³-hybridized carbons (Fsp3) is 0.0833. The number of rotatable bonds is 3. The van der Waals surface area contributed by atoms with Gasteiger partial charge in [0.15, 0.2) is 0 Å². The van der Waals surface area contributed by atoms with Crippen molar-refractivity contribution in [1.82, 2.24) is 4.98 Å². The summed E-state index contributed by atoms with van der Waals surface area (Å²) in [6.07, 6.45) is 0. The minimum atomic E-state index is -0.520. The summed E-state index contributed by atoms with van der Waals surface area (Å²) in [5, 5.41) is 2.95. The van der Waals surface area contributed by atoms with Crippen LogP contribution in [0.15, 0.2) is 36.4 Å². The summed E-state index contributed by atoms with van der Waals surface area (Å²) in [7, 11) is 1.76. The van der Waals surface area contributed by atoms with Crippen LogP contribution in [0.2, 0.25) is 5.02 Å². The number of halogens is 2. The maximum absolute atomic E-state index is 13.2. The molecular weight excluding hydrogens is 243 g/mol. The Kier molecular flexibility index (Phi) is 3.44. The first-order valence-electron chi connectivity index (χ1n) is 4.97. The Morgan fingerprint density at radius 3 is 2.82 bits per heavy atom. The monoisotopic (exact) mass is 252 g/mol. The van der Waals surface area contributed by atoms with Gasteiger partial charge in [-0.05, 0) is 18.2 Å². The third-order valence-corrected chi connectivity index (χ3v) is 2.40. The van der Waals surface area contributed by atoms with Gasteiger partial charge in [0, 0.05) is 19.2 Å². The van der Waals surface area contributed by atoms with Crippen LogP contribution in [-0.4, -0.2) is 12.0 Å². The average molecular weight is 253 g/mol. The van der Waals surface area contributed by atoms with E-state index in [4.69, 9.17) is 16.3 Å². The lowest BCUT2D eigenvalue weighted by atomic mass is 10.3. The minimum Gasteiger partial charge on any atom is -0.439 e. The van der Waals surface area contributed by atoms with E-state index in [-0.39, 0.29) is 5.02 Å². The number of benzene rings is 1. The molecular formula is C12H10ClFN2O. The Bertz CT molecular complexity index is 534. The lowest BCUT2D eigenvalue weighted by Gasteiger charge is -2.06. The molecule has 0 unspecified atom stereocenters. The van der Waals surface area contributed by atoms with Crippen LogP contribution in [0.25, 0.3) is 0 Å². The smallest absolute Gasteiger partial charge is 0.221 e. The zero-order chi connectivity index (χ0) is 12.3. The first kappa shape index (κ1) is 11.7. The molecule has 0 saturated carbocycles. The van der Waals surface area contributed by atoms with Gasteiger partial charge in [-0.15, -0.1) is 0 Å². The van der Waals surface area contributed by atoms with E-state index in [1.165, 1.54) is 12.1 Å². The molecule has 2 rings (SSSR count). The van der Waals surface area contributed by atoms with Gasteiger partial charge < -0.3 is 10.1 Å². The number of pyridine rings is 1. The predicted molar refractivity (Wildman–Crippen MR) is 65.3 cm³/mol. The second-order valence-electron chi connectivity index (χ2n) is 3.29. The highest BCUT2D eigenvalue weighted by molar-refractivity contribution is 6.30.